The summed E-state index contributed by atoms with van der Waals surface area (Å²) >= 11 is 1.61. The van der Waals surface area contributed by atoms with Gasteiger partial charge in [-0.2, -0.15) is 0 Å². The second-order valence-corrected chi connectivity index (χ2v) is 6.70. The van der Waals surface area contributed by atoms with Crippen molar-refractivity contribution in [3.63, 3.8) is 0 Å². The van der Waals surface area contributed by atoms with Crippen molar-refractivity contribution in [1.29, 1.82) is 0 Å². The van der Waals surface area contributed by atoms with Crippen LogP contribution in [-0.4, -0.2) is 49.5 Å². The predicted octanol–water partition coefficient (Wildman–Crippen LogP) is 1.88. The second kappa shape index (κ2) is 11.3. The molecule has 26 heavy (non-hydrogen) atoms. The minimum absolute atomic E-state index is 0.0829. The number of likely N-dealkylation sites (N-methyl/N-ethyl adjacent to an activating group) is 1. The van der Waals surface area contributed by atoms with Crippen LogP contribution in [0, 0.1) is 0 Å². The number of hydrogen-bond donors (Lipinski definition) is 2. The number of amides is 2. The lowest BCUT2D eigenvalue weighted by atomic mass is 10.3. The Morgan fingerprint density at radius 2 is 1.77 bits per heavy atom. The van der Waals surface area contributed by atoms with Gasteiger partial charge in [-0.3, -0.25) is 14.5 Å². The van der Waals surface area contributed by atoms with E-state index in [2.05, 4.69) is 10.6 Å². The van der Waals surface area contributed by atoms with Gasteiger partial charge in [-0.15, -0.1) is 11.3 Å². The van der Waals surface area contributed by atoms with Crippen molar-refractivity contribution in [3.05, 3.63) is 52.7 Å². The fourth-order valence-corrected chi connectivity index (χ4v) is 2.92. The molecule has 7 heteroatoms. The first-order valence-corrected chi connectivity index (χ1v) is 9.51. The summed E-state index contributed by atoms with van der Waals surface area (Å²) in [5.41, 5.74) is 0. The molecule has 2 aromatic rings. The molecule has 2 N–H and O–H groups in total. The molecule has 140 valence electrons. The van der Waals surface area contributed by atoms with Crippen molar-refractivity contribution < 1.29 is 14.3 Å². The molecule has 0 aliphatic rings. The van der Waals surface area contributed by atoms with Crippen molar-refractivity contribution >= 4 is 23.2 Å². The van der Waals surface area contributed by atoms with Gasteiger partial charge in [-0.1, -0.05) is 31.2 Å². The number of nitrogens with zero attached hydrogens (tertiary/aromatic N) is 1. The Morgan fingerprint density at radius 3 is 2.42 bits per heavy atom. The topological polar surface area (TPSA) is 70.7 Å². The van der Waals surface area contributed by atoms with Gasteiger partial charge in [-0.25, -0.2) is 0 Å². The highest BCUT2D eigenvalue weighted by Crippen LogP contribution is 2.08. The van der Waals surface area contributed by atoms with Gasteiger partial charge in [0, 0.05) is 4.88 Å². The Balaban J connectivity index is 1.61. The Bertz CT molecular complexity index is 662. The zero-order chi connectivity index (χ0) is 18.6. The van der Waals surface area contributed by atoms with E-state index in [1.54, 1.807) is 16.2 Å². The van der Waals surface area contributed by atoms with Gasteiger partial charge in [0.15, 0.2) is 0 Å². The highest BCUT2D eigenvalue weighted by atomic mass is 32.1. The number of benzene rings is 1. The van der Waals surface area contributed by atoms with Gasteiger partial charge in [0.25, 0.3) is 0 Å². The molecule has 0 saturated heterocycles. The molecule has 0 radical (unpaired) electrons. The fraction of sp³-hybridized carbons (Fsp3) is 0.368. The third-order valence-electron chi connectivity index (χ3n) is 3.66. The fourth-order valence-electron chi connectivity index (χ4n) is 2.27. The van der Waals surface area contributed by atoms with Crippen LogP contribution in [0.15, 0.2) is 47.8 Å². The summed E-state index contributed by atoms with van der Waals surface area (Å²) in [4.78, 5) is 26.9. The molecule has 0 spiro atoms. The first-order valence-electron chi connectivity index (χ1n) is 8.63. The second-order valence-electron chi connectivity index (χ2n) is 5.67. The van der Waals surface area contributed by atoms with E-state index >= 15 is 0 Å². The molecule has 1 heterocycles. The largest absolute Gasteiger partial charge is 0.492 e. The molecule has 0 fully saturated rings. The summed E-state index contributed by atoms with van der Waals surface area (Å²) in [7, 11) is 0. The maximum Gasteiger partial charge on any atom is 0.234 e. The van der Waals surface area contributed by atoms with Crippen LogP contribution < -0.4 is 15.4 Å². The van der Waals surface area contributed by atoms with E-state index in [9.17, 15) is 9.59 Å². The van der Waals surface area contributed by atoms with E-state index < -0.39 is 0 Å². The lowest BCUT2D eigenvalue weighted by molar-refractivity contribution is -0.125. The monoisotopic (exact) mass is 375 g/mol. The van der Waals surface area contributed by atoms with E-state index in [0.29, 0.717) is 26.2 Å². The van der Waals surface area contributed by atoms with Crippen LogP contribution >= 0.6 is 11.3 Å². The minimum Gasteiger partial charge on any atom is -0.492 e. The number of hydrogen-bond acceptors (Lipinski definition) is 5. The lowest BCUT2D eigenvalue weighted by Crippen LogP contribution is -2.43. The first kappa shape index (κ1) is 19.9. The maximum absolute atomic E-state index is 12.0. The summed E-state index contributed by atoms with van der Waals surface area (Å²) < 4.78 is 5.53. The number of carbonyl (C=O) groups excluding carboxylic acids is 2. The predicted molar refractivity (Wildman–Crippen MR) is 103 cm³/mol. The van der Waals surface area contributed by atoms with Crippen LogP contribution in [0.5, 0.6) is 5.75 Å². The average molecular weight is 375 g/mol. The summed E-state index contributed by atoms with van der Waals surface area (Å²) in [6.07, 6.45) is 0. The Labute approximate surface area is 158 Å². The summed E-state index contributed by atoms with van der Waals surface area (Å²) in [6.45, 7) is 4.30. The van der Waals surface area contributed by atoms with Crippen molar-refractivity contribution in [2.24, 2.45) is 0 Å². The highest BCUT2D eigenvalue weighted by molar-refractivity contribution is 7.09. The van der Waals surface area contributed by atoms with Gasteiger partial charge in [0.1, 0.15) is 12.4 Å². The molecular weight excluding hydrogens is 350 g/mol. The number of ether oxygens (including phenoxy) is 1. The molecule has 0 aliphatic carbocycles. The number of thiophene rings is 1. The number of rotatable bonds is 11. The van der Waals surface area contributed by atoms with Crippen LogP contribution in [0.4, 0.5) is 0 Å². The lowest BCUT2D eigenvalue weighted by Gasteiger charge is -2.19. The molecule has 1 aromatic heterocycles. The Morgan fingerprint density at radius 1 is 1.04 bits per heavy atom. The minimum atomic E-state index is -0.116. The molecule has 0 unspecified atom stereocenters. The third kappa shape index (κ3) is 7.67. The number of carbonyl (C=O) groups is 2. The van der Waals surface area contributed by atoms with Crippen molar-refractivity contribution in [3.8, 4) is 5.75 Å². The van der Waals surface area contributed by atoms with E-state index in [0.717, 1.165) is 10.6 Å². The van der Waals surface area contributed by atoms with Crippen LogP contribution in [0.3, 0.4) is 0 Å². The normalized spacial score (nSPS) is 10.5. The maximum atomic E-state index is 12.0. The molecule has 0 bridgehead atoms. The van der Waals surface area contributed by atoms with Crippen LogP contribution in [0.25, 0.3) is 0 Å². The van der Waals surface area contributed by atoms with E-state index in [-0.39, 0.29) is 24.9 Å². The molecule has 0 aliphatic heterocycles. The zero-order valence-corrected chi connectivity index (χ0v) is 15.8. The van der Waals surface area contributed by atoms with E-state index in [1.165, 1.54) is 0 Å². The standard InChI is InChI=1S/C19H25N3O3S/c1-2-22(15-19(24)21-13-17-9-6-12-26-17)14-18(23)20-10-11-25-16-7-4-3-5-8-16/h3-9,12H,2,10-11,13-15H2,1H3,(H,20,23)(H,21,24). The molecule has 2 amide bonds. The highest BCUT2D eigenvalue weighted by Gasteiger charge is 2.12. The van der Waals surface area contributed by atoms with Crippen molar-refractivity contribution in [2.45, 2.75) is 13.5 Å². The van der Waals surface area contributed by atoms with Crippen LogP contribution in [0.1, 0.15) is 11.8 Å². The Hall–Kier alpha value is -2.38. The SMILES string of the molecule is CCN(CC(=O)NCCOc1ccccc1)CC(=O)NCc1cccs1. The molecular formula is C19H25N3O3S. The summed E-state index contributed by atoms with van der Waals surface area (Å²) in [5.74, 6) is 0.578. The van der Waals surface area contributed by atoms with Crippen molar-refractivity contribution in [2.75, 3.05) is 32.8 Å². The van der Waals surface area contributed by atoms with E-state index in [1.807, 2.05) is 54.8 Å². The van der Waals surface area contributed by atoms with Gasteiger partial charge in [-0.05, 0) is 30.1 Å². The van der Waals surface area contributed by atoms with Crippen LogP contribution in [0.2, 0.25) is 0 Å². The molecule has 2 rings (SSSR count). The quantitative estimate of drug-likeness (QED) is 0.589. The Kier molecular flexibility index (Phi) is 8.65. The molecule has 0 saturated carbocycles. The zero-order valence-electron chi connectivity index (χ0n) is 14.9. The molecule has 6 nitrogen and oxygen atoms in total. The number of nitrogens with one attached hydrogen (secondary N) is 2. The van der Waals surface area contributed by atoms with Gasteiger partial charge in [0.2, 0.25) is 11.8 Å². The number of para-hydroxylation sites is 1. The van der Waals surface area contributed by atoms with Gasteiger partial charge < -0.3 is 15.4 Å². The third-order valence-corrected chi connectivity index (χ3v) is 4.53. The summed E-state index contributed by atoms with van der Waals surface area (Å²) in [6, 6.07) is 13.4. The first-order chi connectivity index (χ1) is 12.7. The van der Waals surface area contributed by atoms with E-state index in [4.69, 9.17) is 4.74 Å². The molecule has 1 aromatic carbocycles. The van der Waals surface area contributed by atoms with Gasteiger partial charge >= 0.3 is 0 Å². The molecule has 0 atom stereocenters. The van der Waals surface area contributed by atoms with Crippen molar-refractivity contribution in [1.82, 2.24) is 15.5 Å². The van der Waals surface area contributed by atoms with Crippen LogP contribution in [-0.2, 0) is 16.1 Å². The average Bonchev–Trinajstić information content (AvgIpc) is 3.17. The van der Waals surface area contributed by atoms with Gasteiger partial charge in [0.05, 0.1) is 26.2 Å². The smallest absolute Gasteiger partial charge is 0.234 e. The summed E-state index contributed by atoms with van der Waals surface area (Å²) in [5, 5.41) is 7.66.